The van der Waals surface area contributed by atoms with Gasteiger partial charge in [0.25, 0.3) is 0 Å². The molecule has 0 aliphatic carbocycles. The molecule has 0 saturated heterocycles. The Labute approximate surface area is 97.3 Å². The second kappa shape index (κ2) is 3.55. The highest BCUT2D eigenvalue weighted by Gasteiger charge is 2.16. The van der Waals surface area contributed by atoms with Gasteiger partial charge in [0.1, 0.15) is 5.69 Å². The average Bonchev–Trinajstić information content (AvgIpc) is 2.94. The van der Waals surface area contributed by atoms with E-state index in [1.807, 2.05) is 24.4 Å². The van der Waals surface area contributed by atoms with Crippen molar-refractivity contribution in [1.29, 1.82) is 0 Å². The molecule has 0 bridgehead atoms. The number of carbonyl (C=O) groups is 1. The first kappa shape index (κ1) is 9.77. The first-order valence-electron chi connectivity index (χ1n) is 5.22. The number of carbonyl (C=O) groups excluding carboxylic acids is 1. The lowest BCUT2D eigenvalue weighted by Gasteiger charge is -1.99. The predicted octanol–water partition coefficient (Wildman–Crippen LogP) is 1.30. The van der Waals surface area contributed by atoms with Crippen LogP contribution in [0.15, 0.2) is 42.9 Å². The van der Waals surface area contributed by atoms with Gasteiger partial charge < -0.3 is 0 Å². The molecule has 0 spiro atoms. The molecule has 5 nitrogen and oxygen atoms in total. The zero-order chi connectivity index (χ0) is 11.8. The minimum atomic E-state index is -0.0637. The lowest BCUT2D eigenvalue weighted by Crippen LogP contribution is -2.07. The lowest BCUT2D eigenvalue weighted by molar-refractivity contribution is 0.103. The topological polar surface area (TPSA) is 52.2 Å². The Morgan fingerprint density at radius 2 is 2.12 bits per heavy atom. The number of hydrogen-bond acceptors (Lipinski definition) is 3. The predicted molar refractivity (Wildman–Crippen MR) is 61.8 cm³/mol. The highest BCUT2D eigenvalue weighted by molar-refractivity contribution is 6.11. The van der Waals surface area contributed by atoms with Crippen LogP contribution in [-0.4, -0.2) is 25.2 Å². The molecule has 3 aromatic rings. The summed E-state index contributed by atoms with van der Waals surface area (Å²) >= 11 is 0. The third-order valence-corrected chi connectivity index (χ3v) is 2.72. The normalized spacial score (nSPS) is 10.9. The van der Waals surface area contributed by atoms with Crippen molar-refractivity contribution >= 4 is 11.3 Å². The summed E-state index contributed by atoms with van der Waals surface area (Å²) < 4.78 is 3.25. The summed E-state index contributed by atoms with van der Waals surface area (Å²) in [5.41, 5.74) is 1.96. The smallest absolute Gasteiger partial charge is 0.214 e. The molecule has 0 saturated carbocycles. The molecule has 0 atom stereocenters. The summed E-state index contributed by atoms with van der Waals surface area (Å²) in [6.45, 7) is 0. The average molecular weight is 226 g/mol. The molecule has 0 aromatic carbocycles. The summed E-state index contributed by atoms with van der Waals surface area (Å²) in [6.07, 6.45) is 5.01. The van der Waals surface area contributed by atoms with Crippen LogP contribution in [0.3, 0.4) is 0 Å². The van der Waals surface area contributed by atoms with Crippen molar-refractivity contribution in [1.82, 2.24) is 19.4 Å². The van der Waals surface area contributed by atoms with Crippen molar-refractivity contribution in [3.05, 3.63) is 54.1 Å². The van der Waals surface area contributed by atoms with Crippen LogP contribution in [0.2, 0.25) is 0 Å². The van der Waals surface area contributed by atoms with Gasteiger partial charge in [0.05, 0.1) is 17.3 Å². The molecular weight excluding hydrogens is 216 g/mol. The first-order chi connectivity index (χ1) is 8.27. The van der Waals surface area contributed by atoms with Gasteiger partial charge in [-0.15, -0.1) is 0 Å². The van der Waals surface area contributed by atoms with Gasteiger partial charge >= 0.3 is 0 Å². The Balaban J connectivity index is 2.17. The molecule has 0 N–H and O–H groups in total. The Hall–Kier alpha value is -2.43. The third kappa shape index (κ3) is 1.44. The first-order valence-corrected chi connectivity index (χ1v) is 5.22. The van der Waals surface area contributed by atoms with E-state index in [0.29, 0.717) is 11.3 Å². The standard InChI is InChI=1S/C12H10N4O/c1-15-11(5-6-13-15)12(17)9-8-14-16-7-3-2-4-10(9)16/h2-8H,1H3. The van der Waals surface area contributed by atoms with Crippen molar-refractivity contribution in [2.75, 3.05) is 0 Å². The van der Waals surface area contributed by atoms with Gasteiger partial charge in [0.2, 0.25) is 5.78 Å². The summed E-state index contributed by atoms with van der Waals surface area (Å²) in [4.78, 5) is 12.3. The van der Waals surface area contributed by atoms with E-state index in [1.54, 1.807) is 34.7 Å². The molecule has 3 heterocycles. The molecule has 84 valence electrons. The fourth-order valence-corrected chi connectivity index (χ4v) is 1.84. The van der Waals surface area contributed by atoms with E-state index in [-0.39, 0.29) is 5.78 Å². The zero-order valence-corrected chi connectivity index (χ0v) is 9.24. The van der Waals surface area contributed by atoms with Crippen LogP contribution < -0.4 is 0 Å². The van der Waals surface area contributed by atoms with Gasteiger partial charge in [-0.3, -0.25) is 9.48 Å². The maximum atomic E-state index is 12.3. The zero-order valence-electron chi connectivity index (χ0n) is 9.24. The van der Waals surface area contributed by atoms with Gasteiger partial charge in [-0.1, -0.05) is 6.07 Å². The molecule has 3 rings (SSSR count). The van der Waals surface area contributed by atoms with Crippen molar-refractivity contribution in [2.24, 2.45) is 7.05 Å². The number of pyridine rings is 1. The number of ketones is 1. The maximum Gasteiger partial charge on any atom is 0.214 e. The summed E-state index contributed by atoms with van der Waals surface area (Å²) in [5, 5.41) is 8.14. The van der Waals surface area contributed by atoms with Gasteiger partial charge in [-0.05, 0) is 18.2 Å². The van der Waals surface area contributed by atoms with Crippen LogP contribution >= 0.6 is 0 Å². The van der Waals surface area contributed by atoms with E-state index < -0.39 is 0 Å². The van der Waals surface area contributed by atoms with E-state index in [2.05, 4.69) is 10.2 Å². The molecule has 0 aliphatic heterocycles. The highest BCUT2D eigenvalue weighted by atomic mass is 16.1. The minimum absolute atomic E-state index is 0.0637. The number of hydrogen-bond donors (Lipinski definition) is 0. The summed E-state index contributed by atoms with van der Waals surface area (Å²) in [7, 11) is 1.75. The van der Waals surface area contributed by atoms with Crippen LogP contribution in [0.1, 0.15) is 16.1 Å². The fraction of sp³-hybridized carbons (Fsp3) is 0.0833. The number of aromatic nitrogens is 4. The van der Waals surface area contributed by atoms with Crippen molar-refractivity contribution in [3.63, 3.8) is 0 Å². The number of rotatable bonds is 2. The van der Waals surface area contributed by atoms with Crippen molar-refractivity contribution < 1.29 is 4.79 Å². The molecular formula is C12H10N4O. The number of nitrogens with zero attached hydrogens (tertiary/aromatic N) is 4. The minimum Gasteiger partial charge on any atom is -0.287 e. The quantitative estimate of drug-likeness (QED) is 0.619. The second-order valence-corrected chi connectivity index (χ2v) is 3.76. The third-order valence-electron chi connectivity index (χ3n) is 2.72. The second-order valence-electron chi connectivity index (χ2n) is 3.76. The van der Waals surface area contributed by atoms with Crippen LogP contribution in [-0.2, 0) is 7.05 Å². The van der Waals surface area contributed by atoms with E-state index in [9.17, 15) is 4.79 Å². The van der Waals surface area contributed by atoms with E-state index >= 15 is 0 Å². The molecule has 17 heavy (non-hydrogen) atoms. The van der Waals surface area contributed by atoms with Crippen LogP contribution in [0, 0.1) is 0 Å². The summed E-state index contributed by atoms with van der Waals surface area (Å²) in [6, 6.07) is 7.33. The highest BCUT2D eigenvalue weighted by Crippen LogP contribution is 2.14. The SMILES string of the molecule is Cn1nccc1C(=O)c1cnn2ccccc12. The van der Waals surface area contributed by atoms with E-state index in [4.69, 9.17) is 0 Å². The number of fused-ring (bicyclic) bond motifs is 1. The van der Waals surface area contributed by atoms with E-state index in [0.717, 1.165) is 5.52 Å². The van der Waals surface area contributed by atoms with Crippen molar-refractivity contribution in [3.8, 4) is 0 Å². The van der Waals surface area contributed by atoms with Gasteiger partial charge in [0, 0.05) is 19.4 Å². The largest absolute Gasteiger partial charge is 0.287 e. The Morgan fingerprint density at radius 3 is 2.88 bits per heavy atom. The number of aryl methyl sites for hydroxylation is 1. The van der Waals surface area contributed by atoms with Crippen LogP contribution in [0.4, 0.5) is 0 Å². The van der Waals surface area contributed by atoms with E-state index in [1.165, 1.54) is 0 Å². The molecule has 0 amide bonds. The molecule has 0 aliphatic rings. The fourth-order valence-electron chi connectivity index (χ4n) is 1.84. The Kier molecular flexibility index (Phi) is 2.04. The molecule has 5 heteroatoms. The summed E-state index contributed by atoms with van der Waals surface area (Å²) in [5.74, 6) is -0.0637. The van der Waals surface area contributed by atoms with Gasteiger partial charge in [-0.25, -0.2) is 4.52 Å². The maximum absolute atomic E-state index is 12.3. The molecule has 3 aromatic heterocycles. The molecule has 0 radical (unpaired) electrons. The van der Waals surface area contributed by atoms with Crippen LogP contribution in [0.5, 0.6) is 0 Å². The van der Waals surface area contributed by atoms with Crippen LogP contribution in [0.25, 0.3) is 5.52 Å². The molecule has 0 unspecified atom stereocenters. The Morgan fingerprint density at radius 1 is 1.24 bits per heavy atom. The lowest BCUT2D eigenvalue weighted by atomic mass is 10.1. The monoisotopic (exact) mass is 226 g/mol. The molecule has 0 fully saturated rings. The van der Waals surface area contributed by atoms with Crippen molar-refractivity contribution in [2.45, 2.75) is 0 Å². The Bertz CT molecular complexity index is 695. The van der Waals surface area contributed by atoms with Gasteiger partial charge in [0.15, 0.2) is 0 Å². The van der Waals surface area contributed by atoms with Gasteiger partial charge in [-0.2, -0.15) is 10.2 Å².